The van der Waals surface area contributed by atoms with E-state index in [1.54, 1.807) is 36.3 Å². The normalized spacial score (nSPS) is 15.4. The Morgan fingerprint density at radius 1 is 1.00 bits per heavy atom. The molecule has 194 valence electrons. The third-order valence-electron chi connectivity index (χ3n) is 6.67. The molecule has 0 N–H and O–H groups in total. The number of fused-ring (bicyclic) bond motifs is 1. The lowest BCUT2D eigenvalue weighted by atomic mass is 10.0. The average molecular weight is 515 g/mol. The summed E-state index contributed by atoms with van der Waals surface area (Å²) in [6.45, 7) is 1.86. The van der Waals surface area contributed by atoms with Crippen LogP contribution in [0.2, 0.25) is 0 Å². The molecule has 0 aliphatic carbocycles. The first-order valence-corrected chi connectivity index (χ1v) is 11.8. The number of pyridine rings is 1. The Kier molecular flexibility index (Phi) is 6.36. The largest absolute Gasteiger partial charge is 0.573 e. The summed E-state index contributed by atoms with van der Waals surface area (Å²) in [6.07, 6.45) is 1.78. The lowest BCUT2D eigenvalue weighted by molar-refractivity contribution is -0.274. The van der Waals surface area contributed by atoms with Gasteiger partial charge < -0.3 is 9.30 Å². The highest BCUT2D eigenvalue weighted by molar-refractivity contribution is 5.78. The fraction of sp³-hybridized carbons (Fsp3) is 0.360. The van der Waals surface area contributed by atoms with E-state index in [4.69, 9.17) is 0 Å². The van der Waals surface area contributed by atoms with Crippen LogP contribution in [0.5, 0.6) is 5.75 Å². The van der Waals surface area contributed by atoms with Crippen LogP contribution in [0.15, 0.2) is 58.5 Å². The third kappa shape index (κ3) is 5.15. The minimum absolute atomic E-state index is 0.195. The van der Waals surface area contributed by atoms with Gasteiger partial charge in [0.15, 0.2) is 5.65 Å². The molecule has 1 aromatic carbocycles. The minimum atomic E-state index is -4.72. The fourth-order valence-corrected chi connectivity index (χ4v) is 4.79. The van der Waals surface area contributed by atoms with E-state index in [0.29, 0.717) is 43.6 Å². The number of likely N-dealkylation sites (tertiary alicyclic amines) is 1. The van der Waals surface area contributed by atoms with E-state index in [0.717, 1.165) is 16.7 Å². The molecule has 0 radical (unpaired) electrons. The molecule has 9 nitrogen and oxygen atoms in total. The highest BCUT2D eigenvalue weighted by Gasteiger charge is 2.31. The number of aryl methyl sites for hydroxylation is 2. The van der Waals surface area contributed by atoms with Crippen LogP contribution < -0.4 is 15.9 Å². The van der Waals surface area contributed by atoms with E-state index >= 15 is 0 Å². The van der Waals surface area contributed by atoms with Crippen molar-refractivity contribution in [1.82, 2.24) is 28.8 Å². The molecule has 4 aromatic rings. The average Bonchev–Trinajstić information content (AvgIpc) is 3.30. The van der Waals surface area contributed by atoms with Crippen molar-refractivity contribution in [3.05, 3.63) is 75.2 Å². The van der Waals surface area contributed by atoms with Crippen molar-refractivity contribution in [2.24, 2.45) is 14.1 Å². The van der Waals surface area contributed by atoms with Crippen molar-refractivity contribution in [2.45, 2.75) is 31.8 Å². The maximum Gasteiger partial charge on any atom is 0.573 e. The summed E-state index contributed by atoms with van der Waals surface area (Å²) in [5, 5.41) is 4.18. The van der Waals surface area contributed by atoms with Crippen LogP contribution in [0.1, 0.15) is 24.4 Å². The molecular weight excluding hydrogens is 489 g/mol. The SMILES string of the molecule is Cn1cc(-c2cnc3c(c2)n(C)c(=O)c(=O)n3C2CCN(Cc3ccc(OC(F)(F)F)cc3)CC2)cn1. The second kappa shape index (κ2) is 9.51. The van der Waals surface area contributed by atoms with Crippen molar-refractivity contribution in [3.63, 3.8) is 0 Å². The van der Waals surface area contributed by atoms with Gasteiger partial charge in [-0.05, 0) is 36.6 Å². The molecule has 1 saturated heterocycles. The molecule has 0 amide bonds. The van der Waals surface area contributed by atoms with Gasteiger partial charge >= 0.3 is 17.5 Å². The van der Waals surface area contributed by atoms with Crippen LogP contribution in [-0.4, -0.2) is 48.3 Å². The molecule has 4 heterocycles. The predicted molar refractivity (Wildman–Crippen MR) is 130 cm³/mol. The van der Waals surface area contributed by atoms with Gasteiger partial charge in [0.1, 0.15) is 5.75 Å². The topological polar surface area (TPSA) is 87.2 Å². The van der Waals surface area contributed by atoms with Gasteiger partial charge in [0.05, 0.1) is 11.7 Å². The standard InChI is InChI=1S/C25H25F3N6O3/c1-31-15-18(13-30-31)17-11-21-22(29-12-17)34(24(36)23(35)32(21)2)19-7-9-33(10-8-19)14-16-3-5-20(6-4-16)37-25(26,27)28/h3-6,11-13,15,19H,7-10,14H2,1-2H3. The highest BCUT2D eigenvalue weighted by Crippen LogP contribution is 2.28. The molecule has 0 bridgehead atoms. The Labute approximate surface area is 209 Å². The smallest absolute Gasteiger partial charge is 0.406 e. The number of benzene rings is 1. The van der Waals surface area contributed by atoms with Gasteiger partial charge in [-0.2, -0.15) is 5.10 Å². The van der Waals surface area contributed by atoms with Gasteiger partial charge in [0.2, 0.25) is 0 Å². The molecule has 37 heavy (non-hydrogen) atoms. The van der Waals surface area contributed by atoms with Crippen LogP contribution in [0.25, 0.3) is 22.3 Å². The van der Waals surface area contributed by atoms with E-state index in [9.17, 15) is 22.8 Å². The summed E-state index contributed by atoms with van der Waals surface area (Å²) in [5.74, 6) is -0.258. The van der Waals surface area contributed by atoms with E-state index in [1.807, 2.05) is 19.3 Å². The fourth-order valence-electron chi connectivity index (χ4n) is 4.79. The minimum Gasteiger partial charge on any atom is -0.406 e. The van der Waals surface area contributed by atoms with Gasteiger partial charge in [-0.25, -0.2) is 4.98 Å². The van der Waals surface area contributed by atoms with E-state index in [2.05, 4.69) is 19.7 Å². The van der Waals surface area contributed by atoms with Crippen molar-refractivity contribution in [2.75, 3.05) is 13.1 Å². The van der Waals surface area contributed by atoms with Gasteiger partial charge in [0, 0.05) is 63.3 Å². The zero-order chi connectivity index (χ0) is 26.3. The Morgan fingerprint density at radius 2 is 1.70 bits per heavy atom. The summed E-state index contributed by atoms with van der Waals surface area (Å²) in [7, 11) is 3.38. The molecule has 3 aromatic heterocycles. The first-order chi connectivity index (χ1) is 17.6. The lowest BCUT2D eigenvalue weighted by Crippen LogP contribution is -2.45. The van der Waals surface area contributed by atoms with Crippen LogP contribution in [0.3, 0.4) is 0 Å². The number of rotatable bonds is 5. The number of alkyl halides is 3. The number of aromatic nitrogens is 5. The number of ether oxygens (including phenoxy) is 1. The summed E-state index contributed by atoms with van der Waals surface area (Å²) in [6, 6.07) is 7.46. The molecule has 1 aliphatic rings. The van der Waals surface area contributed by atoms with E-state index in [-0.39, 0.29) is 11.8 Å². The second-order valence-electron chi connectivity index (χ2n) is 9.21. The van der Waals surface area contributed by atoms with Gasteiger partial charge in [-0.15, -0.1) is 13.2 Å². The Morgan fingerprint density at radius 3 is 2.32 bits per heavy atom. The van der Waals surface area contributed by atoms with Gasteiger partial charge in [0.25, 0.3) is 0 Å². The lowest BCUT2D eigenvalue weighted by Gasteiger charge is -2.33. The van der Waals surface area contributed by atoms with Gasteiger partial charge in [-0.3, -0.25) is 23.7 Å². The number of nitrogens with zero attached hydrogens (tertiary/aromatic N) is 6. The van der Waals surface area contributed by atoms with E-state index < -0.39 is 17.5 Å². The first-order valence-electron chi connectivity index (χ1n) is 11.8. The van der Waals surface area contributed by atoms with Crippen LogP contribution in [0.4, 0.5) is 13.2 Å². The molecule has 0 spiro atoms. The first kappa shape index (κ1) is 24.8. The Hall–Kier alpha value is -3.93. The molecule has 1 aliphatic heterocycles. The van der Waals surface area contributed by atoms with E-state index in [1.165, 1.54) is 21.3 Å². The van der Waals surface area contributed by atoms with Crippen molar-refractivity contribution >= 4 is 11.2 Å². The maximum absolute atomic E-state index is 13.0. The zero-order valence-corrected chi connectivity index (χ0v) is 20.3. The number of hydrogen-bond acceptors (Lipinski definition) is 6. The molecule has 0 atom stereocenters. The molecule has 0 unspecified atom stereocenters. The molecular formula is C25H25F3N6O3. The Balaban J connectivity index is 1.35. The van der Waals surface area contributed by atoms with Crippen molar-refractivity contribution in [3.8, 4) is 16.9 Å². The molecule has 1 fully saturated rings. The zero-order valence-electron chi connectivity index (χ0n) is 20.3. The maximum atomic E-state index is 13.0. The molecule has 12 heteroatoms. The second-order valence-corrected chi connectivity index (χ2v) is 9.21. The van der Waals surface area contributed by atoms with Crippen LogP contribution in [0, 0.1) is 0 Å². The molecule has 5 rings (SSSR count). The highest BCUT2D eigenvalue weighted by atomic mass is 19.4. The predicted octanol–water partition coefficient (Wildman–Crippen LogP) is 3.23. The molecule has 0 saturated carbocycles. The third-order valence-corrected chi connectivity index (χ3v) is 6.67. The van der Waals surface area contributed by atoms with Crippen LogP contribution >= 0.6 is 0 Å². The monoisotopic (exact) mass is 514 g/mol. The summed E-state index contributed by atoms with van der Waals surface area (Å²) in [5.41, 5.74) is 2.31. The summed E-state index contributed by atoms with van der Waals surface area (Å²) in [4.78, 5) is 32.6. The number of halogens is 3. The van der Waals surface area contributed by atoms with Crippen LogP contribution in [-0.2, 0) is 20.6 Å². The number of hydrogen-bond donors (Lipinski definition) is 0. The quantitative estimate of drug-likeness (QED) is 0.380. The number of piperidine rings is 1. The van der Waals surface area contributed by atoms with Crippen molar-refractivity contribution < 1.29 is 17.9 Å². The van der Waals surface area contributed by atoms with Crippen molar-refractivity contribution in [1.29, 1.82) is 0 Å². The summed E-state index contributed by atoms with van der Waals surface area (Å²) < 4.78 is 45.6. The Bertz CT molecular complexity index is 1550. The summed E-state index contributed by atoms with van der Waals surface area (Å²) >= 11 is 0. The van der Waals surface area contributed by atoms with Gasteiger partial charge in [-0.1, -0.05) is 12.1 Å².